The number of carbonyl (C=O) groups is 2. The zero-order valence-corrected chi connectivity index (χ0v) is 12.9. The highest BCUT2D eigenvalue weighted by molar-refractivity contribution is 7.99. The van der Waals surface area contributed by atoms with Gasteiger partial charge in [0.1, 0.15) is 5.78 Å². The minimum absolute atomic E-state index is 0.156. The molecule has 1 amide bonds. The van der Waals surface area contributed by atoms with E-state index in [1.165, 1.54) is 27.4 Å². The average molecular weight is 315 g/mol. The van der Waals surface area contributed by atoms with Gasteiger partial charge in [-0.2, -0.15) is 0 Å². The SMILES string of the molecule is O=C1CCN(C(=O)O)CC1SCc1ccc2ccccc2c1. The topological polar surface area (TPSA) is 57.6 Å². The lowest BCUT2D eigenvalue weighted by Gasteiger charge is -2.29. The van der Waals surface area contributed by atoms with Gasteiger partial charge in [-0.25, -0.2) is 4.79 Å². The molecule has 0 aliphatic carbocycles. The number of ketones is 1. The molecule has 2 aromatic rings. The Morgan fingerprint density at radius 3 is 2.77 bits per heavy atom. The van der Waals surface area contributed by atoms with Crippen molar-refractivity contribution in [2.75, 3.05) is 13.1 Å². The number of benzene rings is 2. The molecule has 0 saturated carbocycles. The quantitative estimate of drug-likeness (QED) is 0.943. The van der Waals surface area contributed by atoms with E-state index < -0.39 is 6.09 Å². The third kappa shape index (κ3) is 3.25. The van der Waals surface area contributed by atoms with E-state index in [-0.39, 0.29) is 11.0 Å². The minimum Gasteiger partial charge on any atom is -0.465 e. The fraction of sp³-hybridized carbons (Fsp3) is 0.294. The monoisotopic (exact) mass is 315 g/mol. The van der Waals surface area contributed by atoms with Crippen LogP contribution in [0.2, 0.25) is 0 Å². The first-order valence-corrected chi connectivity index (χ1v) is 8.28. The van der Waals surface area contributed by atoms with Crippen molar-refractivity contribution in [3.05, 3.63) is 48.0 Å². The van der Waals surface area contributed by atoms with Gasteiger partial charge in [0.2, 0.25) is 0 Å². The Morgan fingerprint density at radius 2 is 2.00 bits per heavy atom. The van der Waals surface area contributed by atoms with Crippen molar-refractivity contribution in [1.82, 2.24) is 4.90 Å². The lowest BCUT2D eigenvalue weighted by molar-refractivity contribution is -0.120. The number of hydrogen-bond acceptors (Lipinski definition) is 3. The number of thioether (sulfide) groups is 1. The summed E-state index contributed by atoms with van der Waals surface area (Å²) in [6.45, 7) is 0.619. The summed E-state index contributed by atoms with van der Waals surface area (Å²) < 4.78 is 0. The summed E-state index contributed by atoms with van der Waals surface area (Å²) in [4.78, 5) is 24.3. The molecule has 0 aromatic heterocycles. The van der Waals surface area contributed by atoms with Gasteiger partial charge in [-0.05, 0) is 16.3 Å². The van der Waals surface area contributed by atoms with Crippen molar-refractivity contribution in [3.8, 4) is 0 Å². The van der Waals surface area contributed by atoms with Crippen LogP contribution in [0.4, 0.5) is 4.79 Å². The molecule has 1 fully saturated rings. The van der Waals surface area contributed by atoms with E-state index in [1.807, 2.05) is 12.1 Å². The number of piperidine rings is 1. The van der Waals surface area contributed by atoms with Crippen LogP contribution in [0.5, 0.6) is 0 Å². The normalized spacial score (nSPS) is 18.6. The van der Waals surface area contributed by atoms with E-state index in [4.69, 9.17) is 5.11 Å². The first kappa shape index (κ1) is 14.9. The molecule has 1 heterocycles. The number of amides is 1. The Bertz CT molecular complexity index is 716. The molecule has 2 aromatic carbocycles. The number of fused-ring (bicyclic) bond motifs is 1. The van der Waals surface area contributed by atoms with Crippen molar-refractivity contribution in [2.45, 2.75) is 17.4 Å². The van der Waals surface area contributed by atoms with E-state index in [0.29, 0.717) is 25.3 Å². The second-order valence-electron chi connectivity index (χ2n) is 5.43. The van der Waals surface area contributed by atoms with Crippen LogP contribution in [0.3, 0.4) is 0 Å². The van der Waals surface area contributed by atoms with Gasteiger partial charge in [-0.3, -0.25) is 4.79 Å². The highest BCUT2D eigenvalue weighted by atomic mass is 32.2. The van der Waals surface area contributed by atoms with Crippen LogP contribution >= 0.6 is 11.8 Å². The summed E-state index contributed by atoms with van der Waals surface area (Å²) in [5.41, 5.74) is 1.16. The van der Waals surface area contributed by atoms with Crippen molar-refractivity contribution in [1.29, 1.82) is 0 Å². The predicted molar refractivity (Wildman–Crippen MR) is 88.3 cm³/mol. The Balaban J connectivity index is 1.67. The summed E-state index contributed by atoms with van der Waals surface area (Å²) >= 11 is 1.53. The van der Waals surface area contributed by atoms with Gasteiger partial charge < -0.3 is 10.0 Å². The van der Waals surface area contributed by atoms with Crippen molar-refractivity contribution < 1.29 is 14.7 Å². The lowest BCUT2D eigenvalue weighted by Crippen LogP contribution is -2.45. The van der Waals surface area contributed by atoms with Crippen molar-refractivity contribution in [2.24, 2.45) is 0 Å². The minimum atomic E-state index is -0.941. The van der Waals surface area contributed by atoms with Gasteiger partial charge in [0, 0.05) is 25.3 Å². The predicted octanol–water partition coefficient (Wildman–Crippen LogP) is 3.39. The molecule has 1 aliphatic rings. The molecule has 1 N–H and O–H groups in total. The van der Waals surface area contributed by atoms with E-state index >= 15 is 0 Å². The van der Waals surface area contributed by atoms with Crippen LogP contribution in [-0.2, 0) is 10.5 Å². The summed E-state index contributed by atoms with van der Waals surface area (Å²) in [7, 11) is 0. The second-order valence-corrected chi connectivity index (χ2v) is 6.62. The lowest BCUT2D eigenvalue weighted by atomic mass is 10.1. The molecule has 1 unspecified atom stereocenters. The number of carboxylic acid groups (broad SMARTS) is 1. The zero-order chi connectivity index (χ0) is 15.5. The fourth-order valence-corrected chi connectivity index (χ4v) is 3.81. The number of likely N-dealkylation sites (tertiary alicyclic amines) is 1. The molecule has 5 heteroatoms. The zero-order valence-electron chi connectivity index (χ0n) is 12.1. The van der Waals surface area contributed by atoms with Gasteiger partial charge in [0.15, 0.2) is 0 Å². The number of nitrogens with zero attached hydrogens (tertiary/aromatic N) is 1. The molecular formula is C17H17NO3S. The van der Waals surface area contributed by atoms with E-state index in [9.17, 15) is 9.59 Å². The van der Waals surface area contributed by atoms with Crippen LogP contribution in [0, 0.1) is 0 Å². The molecule has 3 rings (SSSR count). The third-order valence-electron chi connectivity index (χ3n) is 3.91. The molecular weight excluding hydrogens is 298 g/mol. The molecule has 0 radical (unpaired) electrons. The fourth-order valence-electron chi connectivity index (χ4n) is 2.64. The summed E-state index contributed by atoms with van der Waals surface area (Å²) in [6.07, 6.45) is -0.620. The molecule has 1 saturated heterocycles. The molecule has 0 bridgehead atoms. The maximum absolute atomic E-state index is 12.0. The van der Waals surface area contributed by atoms with Gasteiger partial charge in [-0.15, -0.1) is 11.8 Å². The van der Waals surface area contributed by atoms with Crippen molar-refractivity contribution >= 4 is 34.4 Å². The van der Waals surface area contributed by atoms with Crippen LogP contribution < -0.4 is 0 Å². The van der Waals surface area contributed by atoms with Crippen LogP contribution in [0.15, 0.2) is 42.5 Å². The Labute approximate surface area is 133 Å². The van der Waals surface area contributed by atoms with Crippen LogP contribution in [0.25, 0.3) is 10.8 Å². The Morgan fingerprint density at radius 1 is 1.23 bits per heavy atom. The van der Waals surface area contributed by atoms with Gasteiger partial charge >= 0.3 is 6.09 Å². The standard InChI is InChI=1S/C17H17NO3S/c19-15-7-8-18(17(20)21)10-16(15)22-11-12-5-6-13-3-1-2-4-14(13)9-12/h1-6,9,16H,7-8,10-11H2,(H,20,21). The van der Waals surface area contributed by atoms with E-state index in [2.05, 4.69) is 30.3 Å². The molecule has 1 atom stereocenters. The average Bonchev–Trinajstić information content (AvgIpc) is 2.53. The van der Waals surface area contributed by atoms with E-state index in [0.717, 1.165) is 5.56 Å². The van der Waals surface area contributed by atoms with Crippen LogP contribution in [-0.4, -0.2) is 40.2 Å². The van der Waals surface area contributed by atoms with E-state index in [1.54, 1.807) is 0 Å². The van der Waals surface area contributed by atoms with Crippen molar-refractivity contribution in [3.63, 3.8) is 0 Å². The second kappa shape index (κ2) is 6.40. The maximum atomic E-state index is 12.0. The number of carbonyl (C=O) groups excluding carboxylic acids is 1. The maximum Gasteiger partial charge on any atom is 0.407 e. The van der Waals surface area contributed by atoms with Gasteiger partial charge in [-0.1, -0.05) is 42.5 Å². The van der Waals surface area contributed by atoms with Gasteiger partial charge in [0.05, 0.1) is 5.25 Å². The Kier molecular flexibility index (Phi) is 4.34. The van der Waals surface area contributed by atoms with Crippen LogP contribution in [0.1, 0.15) is 12.0 Å². The summed E-state index contributed by atoms with van der Waals surface area (Å²) in [6, 6.07) is 14.4. The van der Waals surface area contributed by atoms with Gasteiger partial charge in [0.25, 0.3) is 0 Å². The Hall–Kier alpha value is -2.01. The third-order valence-corrected chi connectivity index (χ3v) is 5.22. The largest absolute Gasteiger partial charge is 0.465 e. The highest BCUT2D eigenvalue weighted by Gasteiger charge is 2.29. The summed E-state index contributed by atoms with van der Waals surface area (Å²) in [5, 5.41) is 11.2. The number of hydrogen-bond donors (Lipinski definition) is 1. The number of rotatable bonds is 3. The first-order valence-electron chi connectivity index (χ1n) is 7.23. The smallest absolute Gasteiger partial charge is 0.407 e. The molecule has 4 nitrogen and oxygen atoms in total. The molecule has 22 heavy (non-hydrogen) atoms. The number of Topliss-reactive ketones (excluding diaryl/α,β-unsaturated/α-hetero) is 1. The summed E-state index contributed by atoms with van der Waals surface area (Å²) in [5.74, 6) is 0.873. The molecule has 114 valence electrons. The molecule has 0 spiro atoms. The first-order chi connectivity index (χ1) is 10.6. The highest BCUT2D eigenvalue weighted by Crippen LogP contribution is 2.25. The molecule has 1 aliphatic heterocycles.